The standard InChI is InChI=1S/C13H21NO4/c1-4-6-8-14-9-7-11(17-5-2)18-12(10(3)15)13(14)16/h7,12H,4-6,8-9H2,1-3H3/t12-/m0/s1. The summed E-state index contributed by atoms with van der Waals surface area (Å²) < 4.78 is 10.6. The number of carbonyl (C=O) groups excluding carboxylic acids is 2. The first-order chi connectivity index (χ1) is 8.60. The first-order valence-electron chi connectivity index (χ1n) is 6.39. The highest BCUT2D eigenvalue weighted by molar-refractivity contribution is 6.03. The number of rotatable bonds is 6. The van der Waals surface area contributed by atoms with Crippen LogP contribution in [-0.2, 0) is 19.1 Å². The predicted octanol–water partition coefficient (Wildman–Crippen LogP) is 1.48. The number of nitrogens with zero attached hydrogens (tertiary/aromatic N) is 1. The quantitative estimate of drug-likeness (QED) is 0.675. The number of Topliss-reactive ketones (excluding diaryl/α,β-unsaturated/α-hetero) is 1. The van der Waals surface area contributed by atoms with Crippen LogP contribution in [-0.4, -0.2) is 42.4 Å². The molecule has 1 heterocycles. The monoisotopic (exact) mass is 255 g/mol. The molecule has 0 saturated carbocycles. The Bertz CT molecular complexity index is 338. The van der Waals surface area contributed by atoms with E-state index in [-0.39, 0.29) is 17.6 Å². The Morgan fingerprint density at radius 3 is 2.83 bits per heavy atom. The zero-order valence-corrected chi connectivity index (χ0v) is 11.3. The van der Waals surface area contributed by atoms with Crippen molar-refractivity contribution in [2.24, 2.45) is 0 Å². The molecule has 1 amide bonds. The lowest BCUT2D eigenvalue weighted by atomic mass is 10.2. The van der Waals surface area contributed by atoms with Crippen molar-refractivity contribution in [3.05, 3.63) is 12.0 Å². The summed E-state index contributed by atoms with van der Waals surface area (Å²) >= 11 is 0. The van der Waals surface area contributed by atoms with E-state index in [9.17, 15) is 9.59 Å². The Balaban J connectivity index is 2.81. The molecule has 5 heteroatoms. The smallest absolute Gasteiger partial charge is 0.277 e. The third-order valence-electron chi connectivity index (χ3n) is 2.69. The van der Waals surface area contributed by atoms with E-state index < -0.39 is 6.10 Å². The average Bonchev–Trinajstić information content (AvgIpc) is 2.48. The van der Waals surface area contributed by atoms with Crippen molar-refractivity contribution >= 4 is 11.7 Å². The summed E-state index contributed by atoms with van der Waals surface area (Å²) in [6.07, 6.45) is 2.55. The number of amides is 1. The van der Waals surface area contributed by atoms with Crippen LogP contribution < -0.4 is 0 Å². The first-order valence-corrected chi connectivity index (χ1v) is 6.39. The SMILES string of the molecule is CCCCN1CC=C(OCC)O[C@@H](C(C)=O)C1=O. The van der Waals surface area contributed by atoms with E-state index in [0.717, 1.165) is 12.8 Å². The Hall–Kier alpha value is -1.52. The van der Waals surface area contributed by atoms with Crippen LogP contribution in [0.5, 0.6) is 0 Å². The highest BCUT2D eigenvalue weighted by Crippen LogP contribution is 2.14. The van der Waals surface area contributed by atoms with Crippen LogP contribution in [0.25, 0.3) is 0 Å². The van der Waals surface area contributed by atoms with Crippen LogP contribution in [0.4, 0.5) is 0 Å². The van der Waals surface area contributed by atoms with E-state index in [1.165, 1.54) is 6.92 Å². The van der Waals surface area contributed by atoms with E-state index in [1.807, 2.05) is 6.92 Å². The van der Waals surface area contributed by atoms with Gasteiger partial charge in [0.05, 0.1) is 6.61 Å². The van der Waals surface area contributed by atoms with E-state index >= 15 is 0 Å². The van der Waals surface area contributed by atoms with Crippen LogP contribution in [0.1, 0.15) is 33.6 Å². The summed E-state index contributed by atoms with van der Waals surface area (Å²) in [4.78, 5) is 25.3. The molecule has 0 N–H and O–H groups in total. The molecule has 0 spiro atoms. The Kier molecular flexibility index (Phi) is 5.68. The summed E-state index contributed by atoms with van der Waals surface area (Å²) in [5.74, 6) is -0.305. The normalized spacial score (nSPS) is 19.9. The molecule has 5 nitrogen and oxygen atoms in total. The van der Waals surface area contributed by atoms with Gasteiger partial charge in [-0.3, -0.25) is 9.59 Å². The van der Waals surface area contributed by atoms with E-state index in [1.54, 1.807) is 11.0 Å². The number of ether oxygens (including phenoxy) is 2. The molecule has 1 atom stereocenters. The molecule has 1 aliphatic rings. The fraction of sp³-hybridized carbons (Fsp3) is 0.692. The Morgan fingerprint density at radius 1 is 1.56 bits per heavy atom. The van der Waals surface area contributed by atoms with Gasteiger partial charge in [0.1, 0.15) is 0 Å². The molecule has 0 aromatic carbocycles. The van der Waals surface area contributed by atoms with Crippen LogP contribution in [0.15, 0.2) is 12.0 Å². The van der Waals surface area contributed by atoms with Crippen LogP contribution in [0, 0.1) is 0 Å². The third-order valence-corrected chi connectivity index (χ3v) is 2.69. The summed E-state index contributed by atoms with van der Waals surface area (Å²) in [5.41, 5.74) is 0. The zero-order chi connectivity index (χ0) is 13.5. The molecule has 0 aliphatic carbocycles. The van der Waals surface area contributed by atoms with Crippen molar-refractivity contribution in [2.75, 3.05) is 19.7 Å². The van der Waals surface area contributed by atoms with Crippen molar-refractivity contribution in [1.82, 2.24) is 4.90 Å². The molecule has 0 aromatic rings. The minimum atomic E-state index is -1.07. The maximum atomic E-state index is 12.1. The predicted molar refractivity (Wildman–Crippen MR) is 66.8 cm³/mol. The number of unbranched alkanes of at least 4 members (excludes halogenated alkanes) is 1. The molecule has 1 aliphatic heterocycles. The Morgan fingerprint density at radius 2 is 2.28 bits per heavy atom. The van der Waals surface area contributed by atoms with Gasteiger partial charge in [0, 0.05) is 19.2 Å². The molecule has 102 valence electrons. The lowest BCUT2D eigenvalue weighted by molar-refractivity contribution is -0.149. The lowest BCUT2D eigenvalue weighted by Gasteiger charge is -2.22. The number of hydrogen-bond donors (Lipinski definition) is 0. The van der Waals surface area contributed by atoms with Gasteiger partial charge in [0.15, 0.2) is 5.78 Å². The first kappa shape index (κ1) is 14.5. The molecular weight excluding hydrogens is 234 g/mol. The highest BCUT2D eigenvalue weighted by atomic mass is 16.7. The Labute approximate surface area is 108 Å². The van der Waals surface area contributed by atoms with Gasteiger partial charge in [-0.2, -0.15) is 0 Å². The second-order valence-corrected chi connectivity index (χ2v) is 4.20. The fourth-order valence-corrected chi connectivity index (χ4v) is 1.70. The van der Waals surface area contributed by atoms with Gasteiger partial charge in [0.2, 0.25) is 6.10 Å². The highest BCUT2D eigenvalue weighted by Gasteiger charge is 2.32. The summed E-state index contributed by atoms with van der Waals surface area (Å²) in [5, 5.41) is 0. The van der Waals surface area contributed by atoms with E-state index in [2.05, 4.69) is 6.92 Å². The topological polar surface area (TPSA) is 55.8 Å². The second kappa shape index (κ2) is 7.03. The van der Waals surface area contributed by atoms with Gasteiger partial charge in [-0.25, -0.2) is 0 Å². The van der Waals surface area contributed by atoms with Gasteiger partial charge >= 0.3 is 0 Å². The molecule has 18 heavy (non-hydrogen) atoms. The summed E-state index contributed by atoms with van der Waals surface area (Å²) in [6.45, 7) is 6.75. The van der Waals surface area contributed by atoms with Gasteiger partial charge in [-0.1, -0.05) is 13.3 Å². The van der Waals surface area contributed by atoms with Gasteiger partial charge < -0.3 is 14.4 Å². The molecule has 0 fully saturated rings. The largest absolute Gasteiger partial charge is 0.466 e. The molecule has 0 aromatic heterocycles. The fourth-order valence-electron chi connectivity index (χ4n) is 1.70. The maximum absolute atomic E-state index is 12.1. The van der Waals surface area contributed by atoms with Crippen LogP contribution in [0.3, 0.4) is 0 Å². The van der Waals surface area contributed by atoms with Gasteiger partial charge in [-0.15, -0.1) is 0 Å². The average molecular weight is 255 g/mol. The van der Waals surface area contributed by atoms with Crippen molar-refractivity contribution in [3.8, 4) is 0 Å². The van der Waals surface area contributed by atoms with Crippen molar-refractivity contribution in [1.29, 1.82) is 0 Å². The van der Waals surface area contributed by atoms with Crippen molar-refractivity contribution in [2.45, 2.75) is 39.7 Å². The van der Waals surface area contributed by atoms with Crippen molar-refractivity contribution in [3.63, 3.8) is 0 Å². The molecule has 0 radical (unpaired) electrons. The minimum absolute atomic E-state index is 0.269. The van der Waals surface area contributed by atoms with Crippen LogP contribution >= 0.6 is 0 Å². The molecule has 1 rings (SSSR count). The van der Waals surface area contributed by atoms with Crippen LogP contribution in [0.2, 0.25) is 0 Å². The summed E-state index contributed by atoms with van der Waals surface area (Å²) in [6, 6.07) is 0. The van der Waals surface area contributed by atoms with E-state index in [0.29, 0.717) is 19.7 Å². The molecule has 0 unspecified atom stereocenters. The lowest BCUT2D eigenvalue weighted by Crippen LogP contribution is -2.42. The number of ketones is 1. The van der Waals surface area contributed by atoms with Gasteiger partial charge in [0.25, 0.3) is 11.9 Å². The van der Waals surface area contributed by atoms with E-state index in [4.69, 9.17) is 9.47 Å². The molecule has 0 saturated heterocycles. The summed E-state index contributed by atoms with van der Waals surface area (Å²) in [7, 11) is 0. The number of carbonyl (C=O) groups is 2. The zero-order valence-electron chi connectivity index (χ0n) is 11.3. The second-order valence-electron chi connectivity index (χ2n) is 4.20. The number of hydrogen-bond acceptors (Lipinski definition) is 4. The maximum Gasteiger partial charge on any atom is 0.277 e. The van der Waals surface area contributed by atoms with Crippen molar-refractivity contribution < 1.29 is 19.1 Å². The van der Waals surface area contributed by atoms with Gasteiger partial charge in [-0.05, 0) is 20.3 Å². The molecule has 0 bridgehead atoms. The minimum Gasteiger partial charge on any atom is -0.466 e. The molecular formula is C13H21NO4. The third kappa shape index (κ3) is 3.75.